The first-order chi connectivity index (χ1) is 9.68. The first-order valence-corrected chi connectivity index (χ1v) is 9.24. The fraction of sp³-hybridized carbons (Fsp3) is 0.364. The Hall–Kier alpha value is -1.41. The Morgan fingerprint density at radius 2 is 1.90 bits per heavy atom. The largest absolute Gasteiger partial charge is 0.357 e. The molecule has 0 aliphatic carbocycles. The zero-order valence-electron chi connectivity index (χ0n) is 11.3. The molecular formula is C11H17N2O6PS. The highest BCUT2D eigenvalue weighted by Gasteiger charge is 2.29. The number of unbranched alkanes of at least 4 members (excludes halogenated alkanes) is 1. The quantitative estimate of drug-likeness (QED) is 0.435. The number of sulfonamides is 1. The fourth-order valence-electron chi connectivity index (χ4n) is 1.52. The van der Waals surface area contributed by atoms with Crippen molar-refractivity contribution in [2.24, 2.45) is 0 Å². The lowest BCUT2D eigenvalue weighted by Crippen LogP contribution is -2.41. The van der Waals surface area contributed by atoms with Crippen LogP contribution in [0.1, 0.15) is 19.8 Å². The van der Waals surface area contributed by atoms with Crippen molar-refractivity contribution in [3.63, 3.8) is 0 Å². The molecule has 0 saturated heterocycles. The predicted molar refractivity (Wildman–Crippen MR) is 76.7 cm³/mol. The van der Waals surface area contributed by atoms with Gasteiger partial charge in [0.15, 0.2) is 0 Å². The Kier molecular flexibility index (Phi) is 5.91. The molecule has 118 valence electrons. The number of rotatable bonds is 6. The van der Waals surface area contributed by atoms with Crippen LogP contribution in [0.25, 0.3) is 0 Å². The molecule has 0 saturated carbocycles. The van der Waals surface area contributed by atoms with E-state index in [4.69, 9.17) is 9.79 Å². The Morgan fingerprint density at radius 1 is 1.29 bits per heavy atom. The van der Waals surface area contributed by atoms with Crippen molar-refractivity contribution in [1.29, 1.82) is 0 Å². The molecule has 1 rings (SSSR count). The van der Waals surface area contributed by atoms with Crippen molar-refractivity contribution in [3.05, 3.63) is 24.3 Å². The summed E-state index contributed by atoms with van der Waals surface area (Å²) in [5.74, 6) is 0. The zero-order valence-corrected chi connectivity index (χ0v) is 13.0. The van der Waals surface area contributed by atoms with E-state index in [1.807, 2.05) is 6.92 Å². The highest BCUT2D eigenvalue weighted by molar-refractivity contribution is 7.90. The molecule has 0 unspecified atom stereocenters. The third kappa shape index (κ3) is 5.13. The third-order valence-electron chi connectivity index (χ3n) is 2.51. The van der Waals surface area contributed by atoms with E-state index in [1.165, 1.54) is 12.1 Å². The van der Waals surface area contributed by atoms with Gasteiger partial charge in [-0.1, -0.05) is 25.5 Å². The number of nitrogens with one attached hydrogen (secondary N) is 2. The smallest absolute Gasteiger partial charge is 0.337 e. The molecule has 0 heterocycles. The highest BCUT2D eigenvalue weighted by Crippen LogP contribution is 2.35. The topological polar surface area (TPSA) is 133 Å². The summed E-state index contributed by atoms with van der Waals surface area (Å²) in [5.41, 5.74) is 0. The van der Waals surface area contributed by atoms with E-state index in [2.05, 4.69) is 5.32 Å². The molecule has 0 atom stereocenters. The second kappa shape index (κ2) is 7.04. The second-order valence-corrected chi connectivity index (χ2v) is 7.45. The third-order valence-corrected chi connectivity index (χ3v) is 5.07. The lowest BCUT2D eigenvalue weighted by molar-refractivity contribution is 0.245. The maximum atomic E-state index is 12.0. The van der Waals surface area contributed by atoms with Crippen LogP contribution in [0, 0.1) is 0 Å². The number of amides is 2. The second-order valence-electron chi connectivity index (χ2n) is 4.23. The molecule has 0 aromatic heterocycles. The van der Waals surface area contributed by atoms with Crippen molar-refractivity contribution in [2.75, 3.05) is 6.54 Å². The monoisotopic (exact) mass is 336 g/mol. The molecule has 21 heavy (non-hydrogen) atoms. The van der Waals surface area contributed by atoms with Crippen molar-refractivity contribution in [3.8, 4) is 0 Å². The van der Waals surface area contributed by atoms with Crippen molar-refractivity contribution < 1.29 is 27.6 Å². The number of benzene rings is 1. The molecule has 10 heteroatoms. The standard InChI is InChI=1S/C11H17N2O6PS/c1-2-3-8-12-11(14)13-21(18,19)10-7-5-4-6-9(10)20(15,16)17/h4-7H,2-3,8H2,1H3,(H2,12,13,14)(H2,15,16,17). The summed E-state index contributed by atoms with van der Waals surface area (Å²) in [6, 6.07) is 3.70. The highest BCUT2D eigenvalue weighted by atomic mass is 32.2. The van der Waals surface area contributed by atoms with Gasteiger partial charge in [-0.25, -0.2) is 17.9 Å². The number of hydrogen-bond acceptors (Lipinski definition) is 4. The number of hydrogen-bond donors (Lipinski definition) is 4. The molecule has 0 aliphatic heterocycles. The molecule has 4 N–H and O–H groups in total. The summed E-state index contributed by atoms with van der Waals surface area (Å²) in [7, 11) is -9.14. The van der Waals surface area contributed by atoms with Crippen LogP contribution in [0.15, 0.2) is 29.2 Å². The lowest BCUT2D eigenvalue weighted by atomic mass is 10.3. The van der Waals surface area contributed by atoms with Crippen LogP contribution in [0.4, 0.5) is 4.79 Å². The van der Waals surface area contributed by atoms with E-state index < -0.39 is 33.9 Å². The van der Waals surface area contributed by atoms with Gasteiger partial charge < -0.3 is 15.1 Å². The summed E-state index contributed by atoms with van der Waals surface area (Å²) in [4.78, 5) is 29.2. The van der Waals surface area contributed by atoms with Gasteiger partial charge in [-0.2, -0.15) is 0 Å². The average Bonchev–Trinajstić information content (AvgIpc) is 2.37. The molecule has 1 aromatic rings. The number of urea groups is 1. The van der Waals surface area contributed by atoms with Crippen molar-refractivity contribution in [2.45, 2.75) is 24.7 Å². The van der Waals surface area contributed by atoms with E-state index in [-0.39, 0.29) is 0 Å². The van der Waals surface area contributed by atoms with Gasteiger partial charge in [-0.3, -0.25) is 4.57 Å². The van der Waals surface area contributed by atoms with Crippen molar-refractivity contribution >= 4 is 29.0 Å². The predicted octanol–water partition coefficient (Wildman–Crippen LogP) is 0.278. The van der Waals surface area contributed by atoms with Crippen LogP contribution in [-0.4, -0.2) is 30.8 Å². The van der Waals surface area contributed by atoms with Gasteiger partial charge in [0.1, 0.15) is 4.90 Å². The maximum absolute atomic E-state index is 12.0. The van der Waals surface area contributed by atoms with Crippen LogP contribution in [-0.2, 0) is 14.6 Å². The average molecular weight is 336 g/mol. The van der Waals surface area contributed by atoms with Crippen LogP contribution in [0.2, 0.25) is 0 Å². The van der Waals surface area contributed by atoms with E-state index >= 15 is 0 Å². The van der Waals surface area contributed by atoms with Crippen molar-refractivity contribution in [1.82, 2.24) is 10.0 Å². The molecule has 0 aliphatic rings. The maximum Gasteiger partial charge on any atom is 0.357 e. The van der Waals surface area contributed by atoms with Crippen LogP contribution < -0.4 is 15.3 Å². The van der Waals surface area contributed by atoms with Crippen LogP contribution in [0.3, 0.4) is 0 Å². The summed E-state index contributed by atoms with van der Waals surface area (Å²) in [6.07, 6.45) is 1.51. The van der Waals surface area contributed by atoms with Gasteiger partial charge in [0.05, 0.1) is 5.30 Å². The van der Waals surface area contributed by atoms with E-state index in [9.17, 15) is 17.8 Å². The Morgan fingerprint density at radius 3 is 2.48 bits per heavy atom. The molecule has 8 nitrogen and oxygen atoms in total. The minimum atomic E-state index is -4.77. The van der Waals surface area contributed by atoms with E-state index in [1.54, 1.807) is 4.72 Å². The summed E-state index contributed by atoms with van der Waals surface area (Å²) >= 11 is 0. The summed E-state index contributed by atoms with van der Waals surface area (Å²) in [5, 5.41) is 1.69. The molecule has 0 spiro atoms. The molecule has 0 fully saturated rings. The van der Waals surface area contributed by atoms with E-state index in [0.29, 0.717) is 13.0 Å². The fourth-order valence-corrected chi connectivity index (χ4v) is 3.90. The van der Waals surface area contributed by atoms with Gasteiger partial charge in [-0.05, 0) is 18.6 Å². The first kappa shape index (κ1) is 17.6. The molecule has 2 amide bonds. The Bertz CT molecular complexity index is 654. The summed E-state index contributed by atoms with van der Waals surface area (Å²) < 4.78 is 37.1. The Labute approximate surface area is 122 Å². The molecule has 0 radical (unpaired) electrons. The first-order valence-electron chi connectivity index (χ1n) is 6.14. The van der Waals surface area contributed by atoms with E-state index in [0.717, 1.165) is 18.6 Å². The van der Waals surface area contributed by atoms with Gasteiger partial charge in [-0.15, -0.1) is 0 Å². The normalized spacial score (nSPS) is 12.0. The number of carbonyl (C=O) groups is 1. The molecular weight excluding hydrogens is 319 g/mol. The molecule has 1 aromatic carbocycles. The Balaban J connectivity index is 2.99. The van der Waals surface area contributed by atoms with Crippen LogP contribution >= 0.6 is 7.60 Å². The summed E-state index contributed by atoms with van der Waals surface area (Å²) in [6.45, 7) is 2.21. The van der Waals surface area contributed by atoms with Crippen LogP contribution in [0.5, 0.6) is 0 Å². The van der Waals surface area contributed by atoms with Gasteiger partial charge >= 0.3 is 13.6 Å². The minimum absolute atomic E-state index is 0.304. The molecule has 0 bridgehead atoms. The van der Waals surface area contributed by atoms with Gasteiger partial charge in [0, 0.05) is 6.54 Å². The zero-order chi connectivity index (χ0) is 16.1. The SMILES string of the molecule is CCCCNC(=O)NS(=O)(=O)c1ccccc1P(=O)(O)O. The number of carbonyl (C=O) groups excluding carboxylic acids is 1. The minimum Gasteiger partial charge on any atom is -0.337 e. The lowest BCUT2D eigenvalue weighted by Gasteiger charge is -2.12. The van der Waals surface area contributed by atoms with Gasteiger partial charge in [0.25, 0.3) is 10.0 Å². The van der Waals surface area contributed by atoms with Gasteiger partial charge in [0.2, 0.25) is 0 Å².